The molecule has 10 heteroatoms. The minimum atomic E-state index is -4.66. The van der Waals surface area contributed by atoms with Crippen molar-refractivity contribution >= 4 is 29.2 Å². The van der Waals surface area contributed by atoms with Gasteiger partial charge < -0.3 is 15.7 Å². The second kappa shape index (κ2) is 7.70. The normalized spacial score (nSPS) is 12.9. The lowest BCUT2D eigenvalue weighted by Crippen LogP contribution is -2.39. The zero-order valence-electron chi connectivity index (χ0n) is 12.1. The van der Waals surface area contributed by atoms with Crippen LogP contribution in [0.4, 0.5) is 18.9 Å². The third-order valence-electron chi connectivity index (χ3n) is 2.74. The first-order valence-electron chi connectivity index (χ1n) is 6.33. The number of carboxylic acids is 1. The summed E-state index contributed by atoms with van der Waals surface area (Å²) in [5.41, 5.74) is -1.64. The Labute approximate surface area is 139 Å². The van der Waals surface area contributed by atoms with Gasteiger partial charge in [-0.3, -0.25) is 9.59 Å². The van der Waals surface area contributed by atoms with Crippen LogP contribution in [0.1, 0.15) is 12.5 Å². The molecule has 0 fully saturated rings. The molecule has 128 valence electrons. The summed E-state index contributed by atoms with van der Waals surface area (Å²) in [5.74, 6) is -2.29. The van der Waals surface area contributed by atoms with Crippen LogP contribution in [0.25, 0.3) is 0 Å². The molecule has 0 saturated carbocycles. The lowest BCUT2D eigenvalue weighted by atomic mass is 10.2. The maximum Gasteiger partial charge on any atom is 0.417 e. The Bertz CT molecular complexity index is 726. The van der Waals surface area contributed by atoms with E-state index in [9.17, 15) is 22.8 Å². The number of carboxylic acid groups (broad SMARTS) is 1. The minimum Gasteiger partial charge on any atom is -0.480 e. The number of carbonyl (C=O) groups is 2. The van der Waals surface area contributed by atoms with Crippen molar-refractivity contribution in [1.29, 1.82) is 5.26 Å². The van der Waals surface area contributed by atoms with Gasteiger partial charge in [0.05, 0.1) is 10.6 Å². The molecule has 0 spiro atoms. The molecular formula is C14H11ClF3N3O3. The highest BCUT2D eigenvalue weighted by molar-refractivity contribution is 6.31. The summed E-state index contributed by atoms with van der Waals surface area (Å²) in [6, 6.07) is 3.23. The van der Waals surface area contributed by atoms with E-state index in [-0.39, 0.29) is 5.69 Å². The number of nitrogens with zero attached hydrogens (tertiary/aromatic N) is 1. The van der Waals surface area contributed by atoms with E-state index in [2.05, 4.69) is 5.32 Å². The zero-order valence-corrected chi connectivity index (χ0v) is 12.9. The minimum absolute atomic E-state index is 0.0569. The largest absolute Gasteiger partial charge is 0.480 e. The lowest BCUT2D eigenvalue weighted by molar-refractivity contribution is -0.140. The molecule has 0 radical (unpaired) electrons. The number of nitriles is 1. The van der Waals surface area contributed by atoms with Crippen LogP contribution in [-0.4, -0.2) is 23.0 Å². The molecule has 0 aliphatic carbocycles. The van der Waals surface area contributed by atoms with Crippen molar-refractivity contribution in [2.24, 2.45) is 0 Å². The number of amides is 1. The number of anilines is 1. The van der Waals surface area contributed by atoms with Gasteiger partial charge in [0.1, 0.15) is 17.7 Å². The van der Waals surface area contributed by atoms with Crippen LogP contribution in [0.2, 0.25) is 5.02 Å². The smallest absolute Gasteiger partial charge is 0.417 e. The van der Waals surface area contributed by atoms with Crippen molar-refractivity contribution in [2.45, 2.75) is 19.1 Å². The molecule has 1 amide bonds. The second-order valence-corrected chi connectivity index (χ2v) is 4.95. The van der Waals surface area contributed by atoms with Gasteiger partial charge in [-0.2, -0.15) is 18.4 Å². The molecule has 1 unspecified atom stereocenters. The van der Waals surface area contributed by atoms with Gasteiger partial charge in [-0.1, -0.05) is 11.6 Å². The lowest BCUT2D eigenvalue weighted by Gasteiger charge is -2.11. The fourth-order valence-corrected chi connectivity index (χ4v) is 1.70. The fraction of sp³-hybridized carbons (Fsp3) is 0.214. The van der Waals surface area contributed by atoms with Gasteiger partial charge in [0.15, 0.2) is 0 Å². The van der Waals surface area contributed by atoms with Crippen molar-refractivity contribution in [2.75, 3.05) is 5.32 Å². The highest BCUT2D eigenvalue weighted by Gasteiger charge is 2.33. The first-order valence-corrected chi connectivity index (χ1v) is 6.71. The number of alkyl halides is 3. The summed E-state index contributed by atoms with van der Waals surface area (Å²) >= 11 is 5.47. The number of halogens is 4. The first kappa shape index (κ1) is 19.3. The predicted octanol–water partition coefficient (Wildman–Crippen LogP) is 2.77. The summed E-state index contributed by atoms with van der Waals surface area (Å²) < 4.78 is 38.2. The molecular weight excluding hydrogens is 351 g/mol. The van der Waals surface area contributed by atoms with Crippen molar-refractivity contribution < 1.29 is 27.9 Å². The third kappa shape index (κ3) is 5.17. The molecule has 0 aromatic heterocycles. The molecule has 3 N–H and O–H groups in total. The van der Waals surface area contributed by atoms with Crippen molar-refractivity contribution in [1.82, 2.24) is 5.32 Å². The zero-order chi connectivity index (χ0) is 18.5. The topological polar surface area (TPSA) is 102 Å². The molecule has 1 aromatic rings. The van der Waals surface area contributed by atoms with Gasteiger partial charge in [0, 0.05) is 11.9 Å². The van der Waals surface area contributed by atoms with E-state index < -0.39 is 40.3 Å². The Morgan fingerprint density at radius 2 is 2.04 bits per heavy atom. The van der Waals surface area contributed by atoms with Gasteiger partial charge in [0.25, 0.3) is 5.91 Å². The molecule has 24 heavy (non-hydrogen) atoms. The Hall–Kier alpha value is -2.73. The van der Waals surface area contributed by atoms with E-state index >= 15 is 0 Å². The SMILES string of the molecule is CC(NC(=O)/C(C#N)=C\Nc1ccc(Cl)c(C(F)(F)F)c1)C(=O)O. The summed E-state index contributed by atoms with van der Waals surface area (Å²) in [4.78, 5) is 22.3. The molecule has 6 nitrogen and oxygen atoms in total. The van der Waals surface area contributed by atoms with Crippen molar-refractivity contribution in [3.8, 4) is 6.07 Å². The van der Waals surface area contributed by atoms with E-state index in [1.54, 1.807) is 0 Å². The Morgan fingerprint density at radius 1 is 1.42 bits per heavy atom. The monoisotopic (exact) mass is 361 g/mol. The Balaban J connectivity index is 2.96. The number of rotatable bonds is 5. The van der Waals surface area contributed by atoms with Crippen LogP contribution < -0.4 is 10.6 Å². The van der Waals surface area contributed by atoms with Crippen molar-refractivity contribution in [3.63, 3.8) is 0 Å². The van der Waals surface area contributed by atoms with Gasteiger partial charge in [-0.15, -0.1) is 0 Å². The first-order chi connectivity index (χ1) is 11.1. The van der Waals surface area contributed by atoms with Crippen LogP contribution in [0.15, 0.2) is 30.0 Å². The second-order valence-electron chi connectivity index (χ2n) is 4.54. The van der Waals surface area contributed by atoms with Gasteiger partial charge in [-0.05, 0) is 25.1 Å². The van der Waals surface area contributed by atoms with Gasteiger partial charge in [0.2, 0.25) is 0 Å². The number of carbonyl (C=O) groups excluding carboxylic acids is 1. The van der Waals surface area contributed by atoms with Crippen molar-refractivity contribution in [3.05, 3.63) is 40.6 Å². The standard InChI is InChI=1S/C14H11ClF3N3O3/c1-7(13(23)24)21-12(22)8(5-19)6-20-9-2-3-11(15)10(4-9)14(16,17)18/h2-4,6-7,20H,1H3,(H,21,22)(H,23,24)/b8-6-. The predicted molar refractivity (Wildman–Crippen MR) is 79.0 cm³/mol. The van der Waals surface area contributed by atoms with E-state index in [1.807, 2.05) is 5.32 Å². The Kier molecular flexibility index (Phi) is 6.20. The third-order valence-corrected chi connectivity index (χ3v) is 3.07. The average molecular weight is 362 g/mol. The number of benzene rings is 1. The summed E-state index contributed by atoms with van der Waals surface area (Å²) in [7, 11) is 0. The van der Waals surface area contributed by atoms with Gasteiger partial charge >= 0.3 is 12.1 Å². The molecule has 1 aromatic carbocycles. The van der Waals surface area contributed by atoms with E-state index in [1.165, 1.54) is 19.1 Å². The average Bonchev–Trinajstić information content (AvgIpc) is 2.48. The molecule has 0 bridgehead atoms. The molecule has 0 heterocycles. The highest BCUT2D eigenvalue weighted by atomic mass is 35.5. The van der Waals surface area contributed by atoms with Gasteiger partial charge in [-0.25, -0.2) is 0 Å². The summed E-state index contributed by atoms with van der Waals surface area (Å²) in [5, 5.41) is 21.5. The molecule has 1 atom stereocenters. The van der Waals surface area contributed by atoms with Crippen LogP contribution in [-0.2, 0) is 15.8 Å². The van der Waals surface area contributed by atoms with Crippen LogP contribution in [0.3, 0.4) is 0 Å². The van der Waals surface area contributed by atoms with E-state index in [0.717, 1.165) is 12.3 Å². The quantitative estimate of drug-likeness (QED) is 0.553. The maximum atomic E-state index is 12.7. The number of hydrogen-bond acceptors (Lipinski definition) is 4. The summed E-state index contributed by atoms with van der Waals surface area (Å²) in [6.45, 7) is 1.19. The molecule has 0 aliphatic rings. The Morgan fingerprint density at radius 3 is 2.54 bits per heavy atom. The highest BCUT2D eigenvalue weighted by Crippen LogP contribution is 2.36. The molecule has 1 rings (SSSR count). The number of hydrogen-bond donors (Lipinski definition) is 3. The maximum absolute atomic E-state index is 12.7. The number of aliphatic carboxylic acids is 1. The van der Waals surface area contributed by atoms with Crippen LogP contribution in [0, 0.1) is 11.3 Å². The van der Waals surface area contributed by atoms with E-state index in [4.69, 9.17) is 22.0 Å². The fourth-order valence-electron chi connectivity index (χ4n) is 1.47. The van der Waals surface area contributed by atoms with E-state index in [0.29, 0.717) is 6.07 Å². The van der Waals surface area contributed by atoms with Crippen LogP contribution >= 0.6 is 11.6 Å². The summed E-state index contributed by atoms with van der Waals surface area (Å²) in [6.07, 6.45) is -3.79. The van der Waals surface area contributed by atoms with Crippen LogP contribution in [0.5, 0.6) is 0 Å². The molecule has 0 aliphatic heterocycles. The number of nitrogens with one attached hydrogen (secondary N) is 2. The molecule has 0 saturated heterocycles.